The van der Waals surface area contributed by atoms with Crippen LogP contribution in [0.25, 0.3) is 16.9 Å². The number of hydrogen-bond donors (Lipinski definition) is 5. The SMILES string of the molecule is Cc1cc2c(C(N)=O)cccc2n1-c1nc(NCc2cccc(B(O)O)c2)cc(C(N)=O)n1. The zero-order chi connectivity index (χ0) is 23.7. The van der Waals surface area contributed by atoms with Gasteiger partial charge in [-0.1, -0.05) is 30.3 Å². The van der Waals surface area contributed by atoms with Gasteiger partial charge >= 0.3 is 7.12 Å². The Bertz CT molecular complexity index is 1380. The van der Waals surface area contributed by atoms with E-state index in [1.807, 2.05) is 13.0 Å². The van der Waals surface area contributed by atoms with Crippen molar-refractivity contribution in [2.75, 3.05) is 5.32 Å². The zero-order valence-corrected chi connectivity index (χ0v) is 17.7. The maximum absolute atomic E-state index is 11.9. The molecule has 0 unspecified atom stereocenters. The lowest BCUT2D eigenvalue weighted by Gasteiger charge is -2.12. The number of benzene rings is 2. The molecule has 11 heteroatoms. The number of carbonyl (C=O) groups excluding carboxylic acids is 2. The number of nitrogens with one attached hydrogen (secondary N) is 1. The highest BCUT2D eigenvalue weighted by molar-refractivity contribution is 6.58. The summed E-state index contributed by atoms with van der Waals surface area (Å²) in [4.78, 5) is 32.6. The van der Waals surface area contributed by atoms with Gasteiger partial charge in [0.15, 0.2) is 0 Å². The molecule has 2 heterocycles. The van der Waals surface area contributed by atoms with Gasteiger partial charge in [0.2, 0.25) is 11.9 Å². The maximum Gasteiger partial charge on any atom is 0.488 e. The Morgan fingerprint density at radius 2 is 1.79 bits per heavy atom. The summed E-state index contributed by atoms with van der Waals surface area (Å²) in [7, 11) is -1.58. The van der Waals surface area contributed by atoms with Crippen molar-refractivity contribution in [3.8, 4) is 5.95 Å². The lowest BCUT2D eigenvalue weighted by Crippen LogP contribution is -2.30. The molecule has 2 aromatic heterocycles. The van der Waals surface area contributed by atoms with Crippen LogP contribution >= 0.6 is 0 Å². The Morgan fingerprint density at radius 1 is 1.03 bits per heavy atom. The minimum atomic E-state index is -1.58. The van der Waals surface area contributed by atoms with E-state index in [1.54, 1.807) is 47.0 Å². The molecule has 7 N–H and O–H groups in total. The van der Waals surface area contributed by atoms with Crippen molar-refractivity contribution in [2.45, 2.75) is 13.5 Å². The largest absolute Gasteiger partial charge is 0.488 e. The Kier molecular flexibility index (Phi) is 5.82. The van der Waals surface area contributed by atoms with Gasteiger partial charge in [0.25, 0.3) is 5.91 Å². The molecule has 0 bridgehead atoms. The Labute approximate surface area is 189 Å². The standard InChI is InChI=1S/C22H21BN6O4/c1-12-8-16-15(20(24)30)6-3-7-18(16)29(12)22-27-17(21(25)31)10-19(28-22)26-11-13-4-2-5-14(9-13)23(32)33/h2-10,32-33H,11H2,1H3,(H2,24,30)(H2,25,31)(H,26,27,28). The van der Waals surface area contributed by atoms with E-state index in [9.17, 15) is 19.6 Å². The van der Waals surface area contributed by atoms with E-state index in [-0.39, 0.29) is 11.6 Å². The topological polar surface area (TPSA) is 169 Å². The van der Waals surface area contributed by atoms with E-state index in [1.165, 1.54) is 6.07 Å². The monoisotopic (exact) mass is 444 g/mol. The number of nitrogens with two attached hydrogens (primary N) is 2. The number of aromatic nitrogens is 3. The molecule has 0 aliphatic rings. The fraction of sp³-hybridized carbons (Fsp3) is 0.0909. The van der Waals surface area contributed by atoms with Gasteiger partial charge in [-0.05, 0) is 36.1 Å². The molecule has 0 aliphatic heterocycles. The number of nitrogens with zero attached hydrogens (tertiary/aromatic N) is 3. The van der Waals surface area contributed by atoms with Gasteiger partial charge in [-0.2, -0.15) is 4.98 Å². The van der Waals surface area contributed by atoms with Crippen molar-refractivity contribution in [3.63, 3.8) is 0 Å². The molecule has 0 radical (unpaired) electrons. The summed E-state index contributed by atoms with van der Waals surface area (Å²) >= 11 is 0. The molecule has 0 fully saturated rings. The van der Waals surface area contributed by atoms with E-state index < -0.39 is 18.9 Å². The van der Waals surface area contributed by atoms with E-state index in [2.05, 4.69) is 15.3 Å². The first-order chi connectivity index (χ1) is 15.7. The van der Waals surface area contributed by atoms with Crippen LogP contribution in [-0.4, -0.2) is 43.5 Å². The highest BCUT2D eigenvalue weighted by Gasteiger charge is 2.17. The normalized spacial score (nSPS) is 10.9. The van der Waals surface area contributed by atoms with E-state index in [0.717, 1.165) is 11.3 Å². The molecule has 4 aromatic rings. The maximum atomic E-state index is 11.9. The summed E-state index contributed by atoms with van der Waals surface area (Å²) in [6.45, 7) is 2.12. The fourth-order valence-corrected chi connectivity index (χ4v) is 3.65. The summed E-state index contributed by atoms with van der Waals surface area (Å²) < 4.78 is 1.71. The van der Waals surface area contributed by atoms with E-state index in [0.29, 0.717) is 34.3 Å². The quantitative estimate of drug-likeness (QED) is 0.254. The molecule has 0 atom stereocenters. The number of aryl methyl sites for hydroxylation is 1. The molecule has 166 valence electrons. The van der Waals surface area contributed by atoms with Crippen LogP contribution < -0.4 is 22.2 Å². The fourth-order valence-electron chi connectivity index (χ4n) is 3.65. The van der Waals surface area contributed by atoms with Crippen molar-refractivity contribution >= 4 is 41.1 Å². The van der Waals surface area contributed by atoms with Crippen LogP contribution in [0.4, 0.5) is 5.82 Å². The molecule has 2 amide bonds. The van der Waals surface area contributed by atoms with Crippen LogP contribution in [0.5, 0.6) is 0 Å². The molecule has 2 aromatic carbocycles. The van der Waals surface area contributed by atoms with E-state index in [4.69, 9.17) is 11.5 Å². The second kappa shape index (κ2) is 8.73. The zero-order valence-electron chi connectivity index (χ0n) is 17.7. The molecule has 0 saturated heterocycles. The van der Waals surface area contributed by atoms with Crippen molar-refractivity contribution in [2.24, 2.45) is 11.5 Å². The lowest BCUT2D eigenvalue weighted by molar-refractivity contribution is 0.0989. The smallest absolute Gasteiger partial charge is 0.423 e. The minimum absolute atomic E-state index is 0.00865. The summed E-state index contributed by atoms with van der Waals surface area (Å²) in [6.07, 6.45) is 0. The van der Waals surface area contributed by atoms with Gasteiger partial charge in [0, 0.05) is 29.3 Å². The number of hydrogen-bond acceptors (Lipinski definition) is 7. The van der Waals surface area contributed by atoms with Crippen LogP contribution in [0.1, 0.15) is 32.1 Å². The highest BCUT2D eigenvalue weighted by atomic mass is 16.4. The Morgan fingerprint density at radius 3 is 2.48 bits per heavy atom. The first kappa shape index (κ1) is 22.0. The predicted molar refractivity (Wildman–Crippen MR) is 124 cm³/mol. The van der Waals surface area contributed by atoms with Crippen LogP contribution in [0.2, 0.25) is 0 Å². The Hall–Kier alpha value is -4.22. The van der Waals surface area contributed by atoms with Gasteiger partial charge in [-0.25, -0.2) is 4.98 Å². The first-order valence-electron chi connectivity index (χ1n) is 10.0. The summed E-state index contributed by atoms with van der Waals surface area (Å²) in [6, 6.07) is 15.1. The van der Waals surface area contributed by atoms with Crippen molar-refractivity contribution in [1.29, 1.82) is 0 Å². The van der Waals surface area contributed by atoms with Gasteiger partial charge in [0.05, 0.1) is 5.52 Å². The summed E-state index contributed by atoms with van der Waals surface area (Å²) in [5.41, 5.74) is 13.9. The Balaban J connectivity index is 1.76. The third kappa shape index (κ3) is 4.40. The lowest BCUT2D eigenvalue weighted by atomic mass is 9.80. The third-order valence-corrected chi connectivity index (χ3v) is 5.19. The van der Waals surface area contributed by atoms with Gasteiger partial charge in [-0.3, -0.25) is 14.2 Å². The first-order valence-corrected chi connectivity index (χ1v) is 10.0. The number of fused-ring (bicyclic) bond motifs is 1. The predicted octanol–water partition coefficient (Wildman–Crippen LogP) is 0.219. The number of rotatable bonds is 7. The van der Waals surface area contributed by atoms with Crippen molar-refractivity contribution in [1.82, 2.24) is 14.5 Å². The molecule has 4 rings (SSSR count). The molecule has 33 heavy (non-hydrogen) atoms. The molecular formula is C22H21BN6O4. The van der Waals surface area contributed by atoms with Crippen molar-refractivity contribution in [3.05, 3.63) is 77.1 Å². The summed E-state index contributed by atoms with van der Waals surface area (Å²) in [5.74, 6) is -0.736. The minimum Gasteiger partial charge on any atom is -0.423 e. The molecule has 0 aliphatic carbocycles. The average molecular weight is 444 g/mol. The van der Waals surface area contributed by atoms with Crippen LogP contribution in [-0.2, 0) is 6.54 Å². The number of amides is 2. The average Bonchev–Trinajstić information content (AvgIpc) is 3.13. The van der Waals surface area contributed by atoms with Crippen LogP contribution in [0, 0.1) is 6.92 Å². The number of anilines is 1. The molecule has 0 saturated carbocycles. The second-order valence-corrected chi connectivity index (χ2v) is 7.50. The molecule has 10 nitrogen and oxygen atoms in total. The van der Waals surface area contributed by atoms with Crippen LogP contribution in [0.3, 0.4) is 0 Å². The second-order valence-electron chi connectivity index (χ2n) is 7.50. The third-order valence-electron chi connectivity index (χ3n) is 5.19. The van der Waals surface area contributed by atoms with E-state index >= 15 is 0 Å². The molecular weight excluding hydrogens is 423 g/mol. The van der Waals surface area contributed by atoms with Gasteiger partial charge in [-0.15, -0.1) is 0 Å². The summed E-state index contributed by atoms with van der Waals surface area (Å²) in [5, 5.41) is 22.5. The van der Waals surface area contributed by atoms with Gasteiger partial charge < -0.3 is 26.8 Å². The van der Waals surface area contributed by atoms with Crippen LogP contribution in [0.15, 0.2) is 54.6 Å². The number of carbonyl (C=O) groups is 2. The van der Waals surface area contributed by atoms with Crippen molar-refractivity contribution < 1.29 is 19.6 Å². The number of primary amides is 2. The van der Waals surface area contributed by atoms with Gasteiger partial charge in [0.1, 0.15) is 11.5 Å². The molecule has 0 spiro atoms. The highest BCUT2D eigenvalue weighted by Crippen LogP contribution is 2.26.